The van der Waals surface area contributed by atoms with E-state index in [1.165, 1.54) is 6.92 Å². The molecular formula is C16H16O5. The average molecular weight is 288 g/mol. The van der Waals surface area contributed by atoms with E-state index in [-0.39, 0.29) is 0 Å². The minimum atomic E-state index is -1.05. The normalized spacial score (nSPS) is 11.7. The Morgan fingerprint density at radius 3 is 2.52 bits per heavy atom. The lowest BCUT2D eigenvalue weighted by Crippen LogP contribution is -2.06. The lowest BCUT2D eigenvalue weighted by molar-refractivity contribution is -0.132. The second-order valence-electron chi connectivity index (χ2n) is 4.93. The molecule has 1 aromatic carbocycles. The molecule has 0 saturated carbocycles. The van der Waals surface area contributed by atoms with Gasteiger partial charge in [0.2, 0.25) is 0 Å². The number of carbonyl (C=O) groups excluding carboxylic acids is 1. The van der Waals surface area contributed by atoms with Crippen molar-refractivity contribution < 1.29 is 23.8 Å². The molecule has 0 spiro atoms. The summed E-state index contributed by atoms with van der Waals surface area (Å²) in [6, 6.07) is 1.79. The van der Waals surface area contributed by atoms with Gasteiger partial charge in [0.1, 0.15) is 11.3 Å². The number of furan rings is 1. The van der Waals surface area contributed by atoms with Crippen molar-refractivity contribution in [1.29, 1.82) is 0 Å². The number of esters is 1. The number of rotatable bonds is 3. The van der Waals surface area contributed by atoms with Crippen LogP contribution in [0.5, 0.6) is 5.75 Å². The molecule has 0 radical (unpaired) electrons. The Bertz CT molecular complexity index is 765. The Hall–Kier alpha value is -2.56. The molecule has 1 N–H and O–H groups in total. The first-order chi connectivity index (χ1) is 9.81. The zero-order chi connectivity index (χ0) is 15.7. The van der Waals surface area contributed by atoms with Gasteiger partial charge in [-0.15, -0.1) is 0 Å². The second-order valence-corrected chi connectivity index (χ2v) is 4.93. The first-order valence-corrected chi connectivity index (χ1v) is 6.42. The van der Waals surface area contributed by atoms with Crippen LogP contribution in [0.1, 0.15) is 30.5 Å². The monoisotopic (exact) mass is 288 g/mol. The van der Waals surface area contributed by atoms with Crippen LogP contribution in [-0.4, -0.2) is 17.0 Å². The molecule has 5 heteroatoms. The van der Waals surface area contributed by atoms with Crippen LogP contribution in [0.15, 0.2) is 22.8 Å². The van der Waals surface area contributed by atoms with Crippen molar-refractivity contribution in [3.8, 4) is 5.75 Å². The number of hydrogen-bond donors (Lipinski definition) is 1. The van der Waals surface area contributed by atoms with Crippen LogP contribution in [0.4, 0.5) is 0 Å². The summed E-state index contributed by atoms with van der Waals surface area (Å²) in [4.78, 5) is 22.2. The largest absolute Gasteiger partial charge is 0.478 e. The molecule has 0 amide bonds. The third-order valence-corrected chi connectivity index (χ3v) is 3.25. The van der Waals surface area contributed by atoms with Gasteiger partial charge in [0, 0.05) is 29.5 Å². The van der Waals surface area contributed by atoms with Crippen LogP contribution >= 0.6 is 0 Å². The van der Waals surface area contributed by atoms with E-state index in [0.29, 0.717) is 28.0 Å². The minimum absolute atomic E-state index is 0.333. The molecule has 0 aliphatic heterocycles. The summed E-state index contributed by atoms with van der Waals surface area (Å²) < 4.78 is 10.8. The first-order valence-electron chi connectivity index (χ1n) is 6.42. The van der Waals surface area contributed by atoms with Crippen molar-refractivity contribution >= 4 is 28.5 Å². The molecule has 2 aromatic rings. The van der Waals surface area contributed by atoms with Crippen molar-refractivity contribution in [2.45, 2.75) is 27.7 Å². The van der Waals surface area contributed by atoms with Crippen molar-refractivity contribution in [3.05, 3.63) is 35.1 Å². The molecule has 5 nitrogen and oxygen atoms in total. The highest BCUT2D eigenvalue weighted by Crippen LogP contribution is 2.37. The summed E-state index contributed by atoms with van der Waals surface area (Å²) in [5.41, 5.74) is 3.32. The molecule has 21 heavy (non-hydrogen) atoms. The smallest absolute Gasteiger partial charge is 0.328 e. The van der Waals surface area contributed by atoms with Crippen LogP contribution in [0.2, 0.25) is 0 Å². The summed E-state index contributed by atoms with van der Waals surface area (Å²) in [6.45, 7) is 6.64. The van der Waals surface area contributed by atoms with E-state index in [9.17, 15) is 9.59 Å². The molecule has 110 valence electrons. The molecule has 0 saturated heterocycles. The van der Waals surface area contributed by atoms with E-state index < -0.39 is 11.9 Å². The van der Waals surface area contributed by atoms with Gasteiger partial charge >= 0.3 is 11.9 Å². The number of ether oxygens (including phenoxy) is 1. The second kappa shape index (κ2) is 5.44. The molecule has 0 atom stereocenters. The van der Waals surface area contributed by atoms with Crippen LogP contribution in [-0.2, 0) is 9.59 Å². The summed E-state index contributed by atoms with van der Waals surface area (Å²) in [7, 11) is 0. The Balaban J connectivity index is 2.79. The van der Waals surface area contributed by atoms with Crippen molar-refractivity contribution in [2.75, 3.05) is 0 Å². The molecule has 0 fully saturated rings. The molecule has 0 unspecified atom stereocenters. The lowest BCUT2D eigenvalue weighted by atomic mass is 9.99. The molecule has 0 aliphatic rings. The maximum absolute atomic E-state index is 11.3. The van der Waals surface area contributed by atoms with Crippen LogP contribution in [0.25, 0.3) is 16.5 Å². The number of aryl methyl sites for hydroxylation is 2. The third kappa shape index (κ3) is 2.81. The van der Waals surface area contributed by atoms with Crippen LogP contribution in [0.3, 0.4) is 0 Å². The van der Waals surface area contributed by atoms with Gasteiger partial charge in [0.15, 0.2) is 0 Å². The Kier molecular flexibility index (Phi) is 3.84. The van der Waals surface area contributed by atoms with Gasteiger partial charge in [-0.1, -0.05) is 0 Å². The van der Waals surface area contributed by atoms with E-state index in [4.69, 9.17) is 14.3 Å². The highest BCUT2D eigenvalue weighted by molar-refractivity contribution is 5.96. The highest BCUT2D eigenvalue weighted by Gasteiger charge is 2.18. The number of carbonyl (C=O) groups is 2. The standard InChI is InChI=1S/C16H16O5/c1-8(5-14(18)19)12-6-13-9(2)7-20-15(13)10(3)16(12)21-11(4)17/h5-7H,1-4H3,(H,18,19). The number of hydrogen-bond acceptors (Lipinski definition) is 4. The fourth-order valence-corrected chi connectivity index (χ4v) is 2.27. The van der Waals surface area contributed by atoms with Crippen LogP contribution in [0, 0.1) is 13.8 Å². The number of aliphatic carboxylic acids is 1. The number of benzene rings is 1. The van der Waals surface area contributed by atoms with E-state index >= 15 is 0 Å². The maximum Gasteiger partial charge on any atom is 0.328 e. The van der Waals surface area contributed by atoms with Gasteiger partial charge in [-0.2, -0.15) is 0 Å². The summed E-state index contributed by atoms with van der Waals surface area (Å²) in [5.74, 6) is -1.19. The van der Waals surface area contributed by atoms with E-state index in [2.05, 4.69) is 0 Å². The molecular weight excluding hydrogens is 272 g/mol. The van der Waals surface area contributed by atoms with Gasteiger partial charge in [0.05, 0.1) is 6.26 Å². The summed E-state index contributed by atoms with van der Waals surface area (Å²) in [6.07, 6.45) is 2.71. The van der Waals surface area contributed by atoms with E-state index in [1.54, 1.807) is 26.2 Å². The third-order valence-electron chi connectivity index (χ3n) is 3.25. The Morgan fingerprint density at radius 1 is 1.29 bits per heavy atom. The number of allylic oxidation sites excluding steroid dienone is 1. The molecule has 1 aromatic heterocycles. The predicted octanol–water partition coefficient (Wildman–Crippen LogP) is 3.46. The quantitative estimate of drug-likeness (QED) is 0.531. The molecule has 0 bridgehead atoms. The molecule has 1 heterocycles. The first kappa shape index (κ1) is 14.8. The van der Waals surface area contributed by atoms with E-state index in [1.807, 2.05) is 6.92 Å². The Labute approximate surface area is 121 Å². The SMILES string of the molecule is CC(=O)Oc1c(C(C)=CC(=O)O)cc2c(C)coc2c1C. The van der Waals surface area contributed by atoms with Crippen molar-refractivity contribution in [3.63, 3.8) is 0 Å². The summed E-state index contributed by atoms with van der Waals surface area (Å²) >= 11 is 0. The topological polar surface area (TPSA) is 76.7 Å². The zero-order valence-corrected chi connectivity index (χ0v) is 12.3. The average Bonchev–Trinajstić information content (AvgIpc) is 2.73. The van der Waals surface area contributed by atoms with Crippen LogP contribution < -0.4 is 4.74 Å². The van der Waals surface area contributed by atoms with Gasteiger partial charge in [-0.25, -0.2) is 4.79 Å². The zero-order valence-electron chi connectivity index (χ0n) is 12.3. The maximum atomic E-state index is 11.3. The molecule has 2 rings (SSSR count). The van der Waals surface area contributed by atoms with Gasteiger partial charge < -0.3 is 14.3 Å². The van der Waals surface area contributed by atoms with Gasteiger partial charge in [-0.05, 0) is 38.0 Å². The molecule has 0 aliphatic carbocycles. The number of carboxylic acids is 1. The predicted molar refractivity (Wildman–Crippen MR) is 78.3 cm³/mol. The van der Waals surface area contributed by atoms with Crippen molar-refractivity contribution in [2.24, 2.45) is 0 Å². The fraction of sp³-hybridized carbons (Fsp3) is 0.250. The lowest BCUT2D eigenvalue weighted by Gasteiger charge is -2.13. The number of fused-ring (bicyclic) bond motifs is 1. The van der Waals surface area contributed by atoms with Gasteiger partial charge in [0.25, 0.3) is 0 Å². The highest BCUT2D eigenvalue weighted by atomic mass is 16.5. The Morgan fingerprint density at radius 2 is 1.95 bits per heavy atom. The van der Waals surface area contributed by atoms with Gasteiger partial charge in [-0.3, -0.25) is 4.79 Å². The summed E-state index contributed by atoms with van der Waals surface area (Å²) in [5, 5.41) is 9.78. The van der Waals surface area contributed by atoms with E-state index in [0.717, 1.165) is 17.0 Å². The fourth-order valence-electron chi connectivity index (χ4n) is 2.27. The number of carboxylic acid groups (broad SMARTS) is 1. The van der Waals surface area contributed by atoms with Crippen molar-refractivity contribution in [1.82, 2.24) is 0 Å². The minimum Gasteiger partial charge on any atom is -0.478 e.